The maximum Gasteiger partial charge on any atom is 0.261 e. The number of halogens is 2. The number of thiophene rings is 1. The summed E-state index contributed by atoms with van der Waals surface area (Å²) in [5.41, 5.74) is 2.68. The second kappa shape index (κ2) is 7.40. The molecule has 0 saturated carbocycles. The Morgan fingerprint density at radius 2 is 2.14 bits per heavy atom. The standard InChI is InChI=1S/C15H15BrN2OS.ClH/c16-14-6-5-13(20-14)15(19)18-9-12-11-4-2-1-3-10(11)7-8-17-12;/h1-6,12,17H,7-9H2,(H,18,19);1H. The van der Waals surface area contributed by atoms with Crippen molar-refractivity contribution in [1.82, 2.24) is 10.6 Å². The Kier molecular flexibility index (Phi) is 5.81. The first-order valence-electron chi connectivity index (χ1n) is 6.59. The highest BCUT2D eigenvalue weighted by molar-refractivity contribution is 9.11. The van der Waals surface area contributed by atoms with Gasteiger partial charge in [0.15, 0.2) is 0 Å². The van der Waals surface area contributed by atoms with Crippen molar-refractivity contribution in [2.24, 2.45) is 0 Å². The second-order valence-electron chi connectivity index (χ2n) is 4.77. The largest absolute Gasteiger partial charge is 0.349 e. The molecule has 2 heterocycles. The fraction of sp³-hybridized carbons (Fsp3) is 0.267. The van der Waals surface area contributed by atoms with Crippen LogP contribution in [-0.2, 0) is 6.42 Å². The Bertz CT molecular complexity index is 632. The van der Waals surface area contributed by atoms with E-state index in [4.69, 9.17) is 0 Å². The van der Waals surface area contributed by atoms with E-state index in [0.29, 0.717) is 6.54 Å². The number of carbonyl (C=O) groups excluding carboxylic acids is 1. The summed E-state index contributed by atoms with van der Waals surface area (Å²) in [6.07, 6.45) is 1.05. The molecular formula is C15H16BrClN2OS. The first-order chi connectivity index (χ1) is 9.74. The van der Waals surface area contributed by atoms with E-state index >= 15 is 0 Å². The summed E-state index contributed by atoms with van der Waals surface area (Å²) in [5.74, 6) is -0.00875. The Morgan fingerprint density at radius 1 is 1.33 bits per heavy atom. The van der Waals surface area contributed by atoms with Gasteiger partial charge in [0, 0.05) is 12.6 Å². The molecule has 0 bridgehead atoms. The first kappa shape index (κ1) is 16.5. The van der Waals surface area contributed by atoms with Gasteiger partial charge in [0.2, 0.25) is 0 Å². The van der Waals surface area contributed by atoms with Gasteiger partial charge in [-0.3, -0.25) is 4.79 Å². The molecule has 21 heavy (non-hydrogen) atoms. The number of rotatable bonds is 3. The van der Waals surface area contributed by atoms with Gasteiger partial charge < -0.3 is 10.6 Å². The van der Waals surface area contributed by atoms with Crippen molar-refractivity contribution in [3.05, 3.63) is 56.2 Å². The summed E-state index contributed by atoms with van der Waals surface area (Å²) in [6.45, 7) is 1.58. The number of nitrogens with one attached hydrogen (secondary N) is 2. The van der Waals surface area contributed by atoms with Crippen molar-refractivity contribution in [3.63, 3.8) is 0 Å². The maximum atomic E-state index is 12.1. The van der Waals surface area contributed by atoms with E-state index in [1.54, 1.807) is 0 Å². The molecule has 1 aromatic heterocycles. The van der Waals surface area contributed by atoms with Crippen LogP contribution in [0, 0.1) is 0 Å². The van der Waals surface area contributed by atoms with Crippen molar-refractivity contribution in [2.45, 2.75) is 12.5 Å². The number of hydrogen-bond donors (Lipinski definition) is 2. The van der Waals surface area contributed by atoms with E-state index in [2.05, 4.69) is 50.8 Å². The fourth-order valence-corrected chi connectivity index (χ4v) is 3.80. The van der Waals surface area contributed by atoms with Gasteiger partial charge in [-0.2, -0.15) is 0 Å². The molecule has 0 saturated heterocycles. The molecule has 1 aromatic carbocycles. The van der Waals surface area contributed by atoms with Crippen molar-refractivity contribution < 1.29 is 4.79 Å². The molecule has 0 radical (unpaired) electrons. The third kappa shape index (κ3) is 3.86. The monoisotopic (exact) mass is 386 g/mol. The van der Waals surface area contributed by atoms with Crippen molar-refractivity contribution in [2.75, 3.05) is 13.1 Å². The minimum absolute atomic E-state index is 0. The van der Waals surface area contributed by atoms with Crippen LogP contribution >= 0.6 is 39.7 Å². The molecule has 2 N–H and O–H groups in total. The molecule has 112 valence electrons. The van der Waals surface area contributed by atoms with Crippen LogP contribution in [0.4, 0.5) is 0 Å². The fourth-order valence-electron chi connectivity index (χ4n) is 2.49. The van der Waals surface area contributed by atoms with Crippen LogP contribution in [0.3, 0.4) is 0 Å². The van der Waals surface area contributed by atoms with Crippen LogP contribution in [0.15, 0.2) is 40.2 Å². The molecular weight excluding hydrogens is 372 g/mol. The molecule has 1 unspecified atom stereocenters. The highest BCUT2D eigenvalue weighted by Gasteiger charge is 2.20. The van der Waals surface area contributed by atoms with Gasteiger partial charge in [-0.05, 0) is 52.2 Å². The zero-order chi connectivity index (χ0) is 13.9. The molecule has 2 aromatic rings. The van der Waals surface area contributed by atoms with Crippen LogP contribution in [0.25, 0.3) is 0 Å². The minimum atomic E-state index is -0.00875. The average Bonchev–Trinajstić information content (AvgIpc) is 2.91. The molecule has 1 amide bonds. The maximum absolute atomic E-state index is 12.1. The Morgan fingerprint density at radius 3 is 2.90 bits per heavy atom. The average molecular weight is 388 g/mol. The SMILES string of the molecule is Cl.O=C(NCC1NCCc2ccccc21)c1ccc(Br)s1. The predicted molar refractivity (Wildman–Crippen MR) is 92.5 cm³/mol. The quantitative estimate of drug-likeness (QED) is 0.845. The molecule has 1 aliphatic rings. The highest BCUT2D eigenvalue weighted by Crippen LogP contribution is 2.23. The van der Waals surface area contributed by atoms with E-state index in [1.807, 2.05) is 12.1 Å². The summed E-state index contributed by atoms with van der Waals surface area (Å²) >= 11 is 4.83. The van der Waals surface area contributed by atoms with Crippen molar-refractivity contribution >= 4 is 45.6 Å². The molecule has 3 rings (SSSR count). The molecule has 3 nitrogen and oxygen atoms in total. The number of amides is 1. The lowest BCUT2D eigenvalue weighted by Crippen LogP contribution is -2.38. The summed E-state index contributed by atoms with van der Waals surface area (Å²) in [5, 5.41) is 6.48. The Balaban J connectivity index is 0.00000161. The van der Waals surface area contributed by atoms with E-state index in [-0.39, 0.29) is 24.4 Å². The van der Waals surface area contributed by atoms with Gasteiger partial charge in [0.25, 0.3) is 5.91 Å². The number of fused-ring (bicyclic) bond motifs is 1. The summed E-state index contributed by atoms with van der Waals surface area (Å²) in [6, 6.07) is 12.4. The third-order valence-electron chi connectivity index (χ3n) is 3.48. The number of carbonyl (C=O) groups is 1. The van der Waals surface area contributed by atoms with Crippen LogP contribution in [0.1, 0.15) is 26.8 Å². The van der Waals surface area contributed by atoms with Crippen molar-refractivity contribution in [1.29, 1.82) is 0 Å². The lowest BCUT2D eigenvalue weighted by Gasteiger charge is -2.27. The van der Waals surface area contributed by atoms with Crippen LogP contribution < -0.4 is 10.6 Å². The highest BCUT2D eigenvalue weighted by atomic mass is 79.9. The van der Waals surface area contributed by atoms with Gasteiger partial charge in [0.1, 0.15) is 0 Å². The molecule has 0 aliphatic carbocycles. The molecule has 6 heteroatoms. The molecule has 1 aliphatic heterocycles. The number of hydrogen-bond acceptors (Lipinski definition) is 3. The third-order valence-corrected chi connectivity index (χ3v) is 5.10. The Labute approximate surface area is 142 Å². The molecule has 0 spiro atoms. The summed E-state index contributed by atoms with van der Waals surface area (Å²) in [7, 11) is 0. The predicted octanol–water partition coefficient (Wildman–Crippen LogP) is 3.55. The minimum Gasteiger partial charge on any atom is -0.349 e. The smallest absolute Gasteiger partial charge is 0.261 e. The summed E-state index contributed by atoms with van der Waals surface area (Å²) < 4.78 is 0.976. The van der Waals surface area contributed by atoms with Gasteiger partial charge in [-0.15, -0.1) is 23.7 Å². The van der Waals surface area contributed by atoms with Crippen molar-refractivity contribution in [3.8, 4) is 0 Å². The van der Waals surface area contributed by atoms with Crippen LogP contribution in [-0.4, -0.2) is 19.0 Å². The van der Waals surface area contributed by atoms with Crippen LogP contribution in [0.2, 0.25) is 0 Å². The lowest BCUT2D eigenvalue weighted by atomic mass is 9.94. The van der Waals surface area contributed by atoms with Gasteiger partial charge >= 0.3 is 0 Å². The van der Waals surface area contributed by atoms with Crippen LogP contribution in [0.5, 0.6) is 0 Å². The lowest BCUT2D eigenvalue weighted by molar-refractivity contribution is 0.0953. The van der Waals surface area contributed by atoms with E-state index in [0.717, 1.165) is 21.6 Å². The zero-order valence-electron chi connectivity index (χ0n) is 11.3. The van der Waals surface area contributed by atoms with E-state index < -0.39 is 0 Å². The Hall–Kier alpha value is -0.880. The topological polar surface area (TPSA) is 41.1 Å². The van der Waals surface area contributed by atoms with Gasteiger partial charge in [-0.25, -0.2) is 0 Å². The van der Waals surface area contributed by atoms with Gasteiger partial charge in [-0.1, -0.05) is 24.3 Å². The summed E-state index contributed by atoms with van der Waals surface area (Å²) in [4.78, 5) is 12.8. The first-order valence-corrected chi connectivity index (χ1v) is 8.20. The zero-order valence-corrected chi connectivity index (χ0v) is 14.5. The van der Waals surface area contributed by atoms with E-state index in [9.17, 15) is 4.79 Å². The number of benzene rings is 1. The second-order valence-corrected chi connectivity index (χ2v) is 7.23. The van der Waals surface area contributed by atoms with Gasteiger partial charge in [0.05, 0.1) is 8.66 Å². The van der Waals surface area contributed by atoms with E-state index in [1.165, 1.54) is 22.5 Å². The molecule has 0 fully saturated rings. The normalized spacial score (nSPS) is 16.7. The molecule has 1 atom stereocenters.